The number of nitrogen functional groups attached to an aromatic ring is 1. The number of fused-ring (bicyclic) bond motifs is 2. The molecular weight excluding hydrogens is 693 g/mol. The van der Waals surface area contributed by atoms with Gasteiger partial charge in [-0.25, -0.2) is 9.97 Å². The molecule has 7 rings (SSSR count). The Balaban J connectivity index is 1.16. The number of aromatic nitrogens is 4. The van der Waals surface area contributed by atoms with E-state index in [9.17, 15) is 14.4 Å². The molecule has 48 heavy (non-hydrogen) atoms. The maximum Gasteiger partial charge on any atom is 0.326 e. The van der Waals surface area contributed by atoms with E-state index < -0.39 is 34.1 Å². The van der Waals surface area contributed by atoms with Gasteiger partial charge in [-0.2, -0.15) is 9.36 Å². The predicted octanol–water partition coefficient (Wildman–Crippen LogP) is 3.74. The first kappa shape index (κ1) is 32.0. The molecule has 2 saturated heterocycles. The molecule has 5 heterocycles. The molecular formula is C31H26N8O5S4. The van der Waals surface area contributed by atoms with Gasteiger partial charge in [-0.05, 0) is 23.3 Å². The summed E-state index contributed by atoms with van der Waals surface area (Å²) in [5.74, 6) is -1.25. The van der Waals surface area contributed by atoms with Crippen LogP contribution in [0.4, 0.5) is 5.13 Å². The van der Waals surface area contributed by atoms with Crippen molar-refractivity contribution in [2.75, 3.05) is 25.1 Å². The Morgan fingerprint density at radius 1 is 1.08 bits per heavy atom. The summed E-state index contributed by atoms with van der Waals surface area (Å²) in [6.07, 6.45) is 1.02. The molecule has 0 saturated carbocycles. The Morgan fingerprint density at radius 2 is 1.81 bits per heavy atom. The number of rotatable bonds is 10. The Kier molecular flexibility index (Phi) is 9.00. The summed E-state index contributed by atoms with van der Waals surface area (Å²) in [7, 11) is 1.29. The minimum atomic E-state index is -1.22. The number of pyridine rings is 1. The zero-order chi connectivity index (χ0) is 33.3. The second-order valence-electron chi connectivity index (χ2n) is 10.7. The zero-order valence-corrected chi connectivity index (χ0v) is 28.4. The molecule has 3 aromatic heterocycles. The molecule has 13 nitrogen and oxygen atoms in total. The lowest BCUT2D eigenvalue weighted by molar-refractivity contribution is -0.155. The first-order valence-corrected chi connectivity index (χ1v) is 18.0. The molecule has 0 spiro atoms. The number of amides is 2. The fourth-order valence-electron chi connectivity index (χ4n) is 5.35. The van der Waals surface area contributed by atoms with Gasteiger partial charge in [0.25, 0.3) is 5.91 Å². The van der Waals surface area contributed by atoms with Crippen LogP contribution in [0.15, 0.2) is 88.5 Å². The van der Waals surface area contributed by atoms with Crippen molar-refractivity contribution in [2.24, 2.45) is 5.16 Å². The number of carbonyl (C=O) groups excluding carboxylic acids is 3. The standard InChI is InChI=1S/C31H26N8O5S4/c1-43-37-20(23-36-29(32)48-38-23)24(40)35-21-26(41)39-15-31(16-45-27(21)39,47-30-34-19-13-8-14-33-25(19)46-30)28(42)44-22(17-9-4-2-5-10-17)18-11-6-3-7-12-18/h2-14,21-22,27H,15-16H2,1H3,(H,35,40)(H2,32,36,38)/t21?,27-,31?/m1/s1. The average Bonchev–Trinajstić information content (AvgIpc) is 3.74. The number of ether oxygens (including phenoxy) is 1. The summed E-state index contributed by atoms with van der Waals surface area (Å²) in [5.41, 5.74) is 7.83. The van der Waals surface area contributed by atoms with E-state index in [2.05, 4.69) is 24.8 Å². The van der Waals surface area contributed by atoms with Gasteiger partial charge in [-0.1, -0.05) is 88.9 Å². The van der Waals surface area contributed by atoms with Gasteiger partial charge in [-0.15, -0.1) is 11.8 Å². The molecule has 0 bridgehead atoms. The van der Waals surface area contributed by atoms with Crippen molar-refractivity contribution in [3.8, 4) is 0 Å². The van der Waals surface area contributed by atoms with Gasteiger partial charge in [0, 0.05) is 30.0 Å². The lowest BCUT2D eigenvalue weighted by atomic mass is 10.00. The fraction of sp³-hybridized carbons (Fsp3) is 0.226. The summed E-state index contributed by atoms with van der Waals surface area (Å²) < 4.78 is 9.83. The van der Waals surface area contributed by atoms with Gasteiger partial charge in [0.2, 0.25) is 17.4 Å². The molecule has 2 unspecified atom stereocenters. The maximum absolute atomic E-state index is 14.5. The van der Waals surface area contributed by atoms with Crippen LogP contribution in [0.5, 0.6) is 0 Å². The number of β-lactam (4-membered cyclic amide) rings is 1. The van der Waals surface area contributed by atoms with Gasteiger partial charge >= 0.3 is 5.97 Å². The highest BCUT2D eigenvalue weighted by Gasteiger charge is 2.59. The number of esters is 1. The van der Waals surface area contributed by atoms with E-state index >= 15 is 0 Å². The van der Waals surface area contributed by atoms with Crippen LogP contribution in [-0.4, -0.2) is 83.3 Å². The van der Waals surface area contributed by atoms with E-state index in [1.807, 2.05) is 66.7 Å². The summed E-state index contributed by atoms with van der Waals surface area (Å²) >= 11 is 4.94. The van der Waals surface area contributed by atoms with Crippen molar-refractivity contribution >= 4 is 85.4 Å². The van der Waals surface area contributed by atoms with E-state index in [0.717, 1.165) is 27.5 Å². The molecule has 2 aliphatic heterocycles. The van der Waals surface area contributed by atoms with Gasteiger partial charge in [0.05, 0.1) is 0 Å². The lowest BCUT2D eigenvalue weighted by Crippen LogP contribution is -2.75. The fourth-order valence-corrected chi connectivity index (χ4v) is 9.95. The number of nitrogens with zero attached hydrogens (tertiary/aromatic N) is 6. The molecule has 2 fully saturated rings. The molecule has 2 amide bonds. The molecule has 17 heteroatoms. The third kappa shape index (κ3) is 6.21. The number of nitrogens with one attached hydrogen (secondary N) is 1. The molecule has 0 aliphatic carbocycles. The molecule has 3 atom stereocenters. The SMILES string of the molecule is CON=C(C(=O)NC1C(=O)N2CC(Sc3nc4cccnc4s3)(C(=O)OC(c3ccccc3)c3ccccc3)CS[C@H]12)c1nsc(N)n1. The van der Waals surface area contributed by atoms with Crippen molar-refractivity contribution in [2.45, 2.75) is 26.6 Å². The third-order valence-electron chi connectivity index (χ3n) is 7.62. The number of carbonyl (C=O) groups is 3. The second-order valence-corrected chi connectivity index (χ2v) is 15.2. The van der Waals surface area contributed by atoms with Crippen molar-refractivity contribution in [3.05, 3.63) is 95.9 Å². The normalized spacial score (nSPS) is 20.7. The molecule has 2 aromatic carbocycles. The highest BCUT2D eigenvalue weighted by molar-refractivity contribution is 8.06. The number of thioether (sulfide) groups is 2. The molecule has 5 aromatic rings. The van der Waals surface area contributed by atoms with Crippen molar-refractivity contribution < 1.29 is 24.0 Å². The van der Waals surface area contributed by atoms with E-state index in [4.69, 9.17) is 20.3 Å². The molecule has 3 N–H and O–H groups in total. The second kappa shape index (κ2) is 13.5. The number of oxime groups is 1. The predicted molar refractivity (Wildman–Crippen MR) is 185 cm³/mol. The van der Waals surface area contributed by atoms with Crippen LogP contribution < -0.4 is 11.1 Å². The number of hydrogen-bond donors (Lipinski definition) is 2. The topological polar surface area (TPSA) is 175 Å². The van der Waals surface area contributed by atoms with Crippen LogP contribution >= 0.6 is 46.4 Å². The zero-order valence-electron chi connectivity index (χ0n) is 25.1. The number of benzene rings is 2. The highest BCUT2D eigenvalue weighted by atomic mass is 32.2. The van der Waals surface area contributed by atoms with E-state index in [-0.39, 0.29) is 34.9 Å². The minimum absolute atomic E-state index is 0.00773. The Morgan fingerprint density at radius 3 is 2.46 bits per heavy atom. The Hall–Kier alpha value is -4.58. The van der Waals surface area contributed by atoms with Gasteiger partial charge < -0.3 is 25.5 Å². The Bertz CT molecular complexity index is 1940. The third-order valence-corrected chi connectivity index (χ3v) is 12.2. The van der Waals surface area contributed by atoms with Crippen LogP contribution in [0.1, 0.15) is 23.1 Å². The van der Waals surface area contributed by atoms with Gasteiger partial charge in [-0.3, -0.25) is 14.4 Å². The quantitative estimate of drug-likeness (QED) is 0.0928. The number of hydrogen-bond acceptors (Lipinski definition) is 15. The van der Waals surface area contributed by atoms with Crippen LogP contribution in [-0.2, 0) is 24.0 Å². The monoisotopic (exact) mass is 718 g/mol. The summed E-state index contributed by atoms with van der Waals surface area (Å²) in [6, 6.07) is 21.9. The first-order valence-electron chi connectivity index (χ1n) is 14.5. The van der Waals surface area contributed by atoms with Crippen LogP contribution in [0.2, 0.25) is 0 Å². The van der Waals surface area contributed by atoms with Gasteiger partial charge in [0.15, 0.2) is 15.6 Å². The minimum Gasteiger partial charge on any atom is -0.451 e. The molecule has 244 valence electrons. The Labute approximate surface area is 290 Å². The average molecular weight is 719 g/mol. The van der Waals surface area contributed by atoms with E-state index in [1.165, 1.54) is 42.0 Å². The summed E-state index contributed by atoms with van der Waals surface area (Å²) in [6.45, 7) is 0.0439. The largest absolute Gasteiger partial charge is 0.451 e. The number of anilines is 1. The number of nitrogens with two attached hydrogens (primary N) is 1. The van der Waals surface area contributed by atoms with Crippen LogP contribution in [0, 0.1) is 0 Å². The number of thiazole rings is 1. The van der Waals surface area contributed by atoms with E-state index in [1.54, 1.807) is 17.2 Å². The summed E-state index contributed by atoms with van der Waals surface area (Å²) in [5, 5.41) is 6.22. The maximum atomic E-state index is 14.5. The lowest BCUT2D eigenvalue weighted by Gasteiger charge is -2.53. The first-order chi connectivity index (χ1) is 23.3. The van der Waals surface area contributed by atoms with Gasteiger partial charge in [0.1, 0.15) is 33.6 Å². The van der Waals surface area contributed by atoms with E-state index in [0.29, 0.717) is 9.86 Å². The van der Waals surface area contributed by atoms with Crippen molar-refractivity contribution in [3.63, 3.8) is 0 Å². The summed E-state index contributed by atoms with van der Waals surface area (Å²) in [4.78, 5) is 61.6. The molecule has 0 radical (unpaired) electrons. The van der Waals surface area contributed by atoms with Crippen molar-refractivity contribution in [1.82, 2.24) is 29.5 Å². The smallest absolute Gasteiger partial charge is 0.326 e. The van der Waals surface area contributed by atoms with Crippen LogP contribution in [0.25, 0.3) is 10.3 Å². The van der Waals surface area contributed by atoms with Crippen molar-refractivity contribution in [1.29, 1.82) is 0 Å². The van der Waals surface area contributed by atoms with Crippen LogP contribution in [0.3, 0.4) is 0 Å². The molecule has 2 aliphatic rings. The highest BCUT2D eigenvalue weighted by Crippen LogP contribution is 2.48.